The molecule has 1 aliphatic heterocycles. The van der Waals surface area contributed by atoms with Crippen molar-refractivity contribution in [1.29, 1.82) is 0 Å². The van der Waals surface area contributed by atoms with Crippen molar-refractivity contribution in [3.8, 4) is 11.1 Å². The van der Waals surface area contributed by atoms with Gasteiger partial charge in [0.2, 0.25) is 17.7 Å². The second kappa shape index (κ2) is 22.8. The van der Waals surface area contributed by atoms with E-state index in [4.69, 9.17) is 0 Å². The van der Waals surface area contributed by atoms with E-state index >= 15 is 4.39 Å². The molecular weight excluding hydrogens is 747 g/mol. The van der Waals surface area contributed by atoms with Crippen LogP contribution in [0.25, 0.3) is 11.1 Å². The maximum Gasteiger partial charge on any atom is 0.233 e. The van der Waals surface area contributed by atoms with Crippen molar-refractivity contribution in [1.82, 2.24) is 30.7 Å². The van der Waals surface area contributed by atoms with E-state index in [9.17, 15) is 23.6 Å². The predicted molar refractivity (Wildman–Crippen MR) is 225 cm³/mol. The highest BCUT2D eigenvalue weighted by Gasteiger charge is 2.38. The predicted octanol–water partition coefficient (Wildman–Crippen LogP) is 6.49. The second-order valence-electron chi connectivity index (χ2n) is 16.1. The summed E-state index contributed by atoms with van der Waals surface area (Å²) in [5, 5.41) is 12.2. The highest BCUT2D eigenvalue weighted by Crippen LogP contribution is 2.42. The average molecular weight is 809 g/mol. The van der Waals surface area contributed by atoms with Crippen molar-refractivity contribution in [2.24, 2.45) is 11.3 Å². The highest BCUT2D eigenvalue weighted by atomic mass is 32.2. The third kappa shape index (κ3) is 14.7. The SMILES string of the molecule is CNCCCC[C@H](NC(C)=O)C(=O)CCCNC(=O)CCSCC(=O)N(CC1CCNC1)[C@@H](c1cc(-c2cc(F)ccc2F)cn1Cc1ccccc1)C(C)(C)C. The number of carbonyl (C=O) groups excluding carboxylic acids is 4. The molecule has 2 aromatic carbocycles. The number of hydrogen-bond acceptors (Lipinski definition) is 7. The van der Waals surface area contributed by atoms with Gasteiger partial charge in [0.1, 0.15) is 11.6 Å². The molecule has 1 unspecified atom stereocenters. The van der Waals surface area contributed by atoms with E-state index in [2.05, 4.69) is 46.6 Å². The lowest BCUT2D eigenvalue weighted by Crippen LogP contribution is -2.45. The number of ketones is 1. The summed E-state index contributed by atoms with van der Waals surface area (Å²) in [6.07, 6.45) is 6.08. The van der Waals surface area contributed by atoms with Crippen LogP contribution in [0.4, 0.5) is 8.78 Å². The number of unbranched alkanes of at least 4 members (excludes halogenated alkanes) is 1. The molecule has 3 atom stereocenters. The van der Waals surface area contributed by atoms with E-state index < -0.39 is 29.1 Å². The largest absolute Gasteiger partial charge is 0.356 e. The van der Waals surface area contributed by atoms with Gasteiger partial charge in [-0.3, -0.25) is 19.2 Å². The highest BCUT2D eigenvalue weighted by molar-refractivity contribution is 7.99. The lowest BCUT2D eigenvalue weighted by atomic mass is 9.82. The summed E-state index contributed by atoms with van der Waals surface area (Å²) in [6.45, 7) is 11.6. The van der Waals surface area contributed by atoms with Crippen LogP contribution in [0, 0.1) is 23.0 Å². The first-order chi connectivity index (χ1) is 27.3. The molecule has 1 aromatic heterocycles. The first-order valence-electron chi connectivity index (χ1n) is 20.2. The van der Waals surface area contributed by atoms with Crippen LogP contribution < -0.4 is 21.3 Å². The van der Waals surface area contributed by atoms with E-state index in [1.54, 1.807) is 0 Å². The monoisotopic (exact) mass is 808 g/mol. The molecule has 0 aliphatic carbocycles. The Morgan fingerprint density at radius 3 is 2.46 bits per heavy atom. The summed E-state index contributed by atoms with van der Waals surface area (Å²) in [5.74, 6) is -0.628. The van der Waals surface area contributed by atoms with Crippen molar-refractivity contribution in [2.75, 3.05) is 51.3 Å². The van der Waals surface area contributed by atoms with Crippen molar-refractivity contribution in [3.63, 3.8) is 0 Å². The smallest absolute Gasteiger partial charge is 0.233 e. The second-order valence-corrected chi connectivity index (χ2v) is 17.2. The van der Waals surface area contributed by atoms with E-state index in [1.807, 2.05) is 54.5 Å². The van der Waals surface area contributed by atoms with Crippen LogP contribution in [0.3, 0.4) is 0 Å². The van der Waals surface area contributed by atoms with Crippen molar-refractivity contribution < 1.29 is 28.0 Å². The summed E-state index contributed by atoms with van der Waals surface area (Å²) in [6, 6.07) is 14.4. The van der Waals surface area contributed by atoms with Crippen LogP contribution >= 0.6 is 11.8 Å². The molecule has 4 N–H and O–H groups in total. The van der Waals surface area contributed by atoms with E-state index in [0.29, 0.717) is 43.8 Å². The van der Waals surface area contributed by atoms with Crippen molar-refractivity contribution >= 4 is 35.3 Å². The fraction of sp³-hybridized carbons (Fsp3) is 0.545. The summed E-state index contributed by atoms with van der Waals surface area (Å²) < 4.78 is 31.7. The Labute approximate surface area is 341 Å². The molecule has 0 spiro atoms. The number of nitrogens with one attached hydrogen (secondary N) is 4. The molecule has 0 radical (unpaired) electrons. The topological polar surface area (TPSA) is 125 Å². The number of halogens is 2. The lowest BCUT2D eigenvalue weighted by molar-refractivity contribution is -0.134. The Kier molecular flexibility index (Phi) is 18.2. The molecule has 3 amide bonds. The molecule has 2 heterocycles. The number of Topliss-reactive ketones (excluding diaryl/α,β-unsaturated/α-hetero) is 1. The quantitative estimate of drug-likeness (QED) is 0.0809. The van der Waals surface area contributed by atoms with Gasteiger partial charge in [0.05, 0.1) is 17.8 Å². The fourth-order valence-electron chi connectivity index (χ4n) is 7.48. The molecule has 4 rings (SSSR count). The summed E-state index contributed by atoms with van der Waals surface area (Å²) in [5.41, 5.74) is 2.15. The van der Waals surface area contributed by atoms with Crippen LogP contribution in [-0.4, -0.2) is 90.3 Å². The van der Waals surface area contributed by atoms with E-state index in [1.165, 1.54) is 24.8 Å². The fourth-order valence-corrected chi connectivity index (χ4v) is 8.30. The van der Waals surface area contributed by atoms with Crippen LogP contribution in [-0.2, 0) is 25.7 Å². The Hall–Kier alpha value is -4.07. The van der Waals surface area contributed by atoms with Gasteiger partial charge in [0.15, 0.2) is 5.78 Å². The van der Waals surface area contributed by atoms with Gasteiger partial charge in [-0.25, -0.2) is 8.78 Å². The van der Waals surface area contributed by atoms with E-state index in [-0.39, 0.29) is 53.6 Å². The number of benzene rings is 2. The summed E-state index contributed by atoms with van der Waals surface area (Å²) in [4.78, 5) is 53.5. The molecule has 3 aromatic rings. The van der Waals surface area contributed by atoms with Crippen molar-refractivity contribution in [3.05, 3.63) is 83.7 Å². The summed E-state index contributed by atoms with van der Waals surface area (Å²) >= 11 is 1.41. The van der Waals surface area contributed by atoms with Gasteiger partial charge in [0, 0.05) is 68.2 Å². The first-order valence-corrected chi connectivity index (χ1v) is 21.4. The molecule has 1 fully saturated rings. The van der Waals surface area contributed by atoms with Gasteiger partial charge >= 0.3 is 0 Å². The first kappa shape index (κ1) is 45.6. The van der Waals surface area contributed by atoms with Crippen LogP contribution in [0.5, 0.6) is 0 Å². The zero-order chi connectivity index (χ0) is 41.4. The van der Waals surface area contributed by atoms with Gasteiger partial charge in [0.25, 0.3) is 0 Å². The minimum atomic E-state index is -0.527. The lowest BCUT2D eigenvalue weighted by Gasteiger charge is -2.42. The molecule has 10 nitrogen and oxygen atoms in total. The molecule has 0 saturated carbocycles. The molecule has 312 valence electrons. The summed E-state index contributed by atoms with van der Waals surface area (Å²) in [7, 11) is 1.88. The number of hydrogen-bond donors (Lipinski definition) is 4. The third-order valence-electron chi connectivity index (χ3n) is 10.3. The zero-order valence-corrected chi connectivity index (χ0v) is 35.1. The number of rotatable bonds is 23. The number of thioether (sulfide) groups is 1. The van der Waals surface area contributed by atoms with E-state index in [0.717, 1.165) is 62.3 Å². The molecule has 57 heavy (non-hydrogen) atoms. The van der Waals surface area contributed by atoms with Crippen LogP contribution in [0.1, 0.15) is 89.9 Å². The van der Waals surface area contributed by atoms with Crippen molar-refractivity contribution in [2.45, 2.75) is 91.3 Å². The maximum absolute atomic E-state index is 15.2. The maximum atomic E-state index is 15.2. The number of amides is 3. The Morgan fingerprint density at radius 1 is 1.00 bits per heavy atom. The Morgan fingerprint density at radius 2 is 1.77 bits per heavy atom. The Balaban J connectivity index is 1.43. The minimum Gasteiger partial charge on any atom is -0.356 e. The minimum absolute atomic E-state index is 0.0332. The third-order valence-corrected chi connectivity index (χ3v) is 11.2. The van der Waals surface area contributed by atoms with Gasteiger partial charge in [-0.2, -0.15) is 11.8 Å². The van der Waals surface area contributed by atoms with Crippen LogP contribution in [0.2, 0.25) is 0 Å². The average Bonchev–Trinajstić information content (AvgIpc) is 3.83. The normalized spacial score (nSPS) is 15.2. The molecule has 1 aliphatic rings. The zero-order valence-electron chi connectivity index (χ0n) is 34.3. The molecule has 1 saturated heterocycles. The molecule has 13 heteroatoms. The molecular formula is C44H62F2N6O4S. The Bertz CT molecular complexity index is 1760. The van der Waals surface area contributed by atoms with Gasteiger partial charge in [-0.05, 0) is 99.9 Å². The number of carbonyl (C=O) groups is 4. The van der Waals surface area contributed by atoms with Gasteiger partial charge in [-0.15, -0.1) is 0 Å². The van der Waals surface area contributed by atoms with Gasteiger partial charge in [-0.1, -0.05) is 51.1 Å². The molecule has 0 bridgehead atoms. The number of aromatic nitrogens is 1. The standard InChI is InChI=1S/C44H62F2N6O4S/c1-31(53)50-38(14-9-10-20-47-5)40(54)15-11-21-49-41(55)19-23-57-30-42(56)52(28-33-18-22-48-26-33)43(44(2,3)4)39-24-34(36-25-35(45)16-17-37(36)46)29-51(39)27-32-12-7-6-8-13-32/h6-8,12-13,16-17,24-25,29,33,38,43,47-48H,9-11,14-15,18-23,26-28,30H2,1-5H3,(H,49,55)(H,50,53)/t33?,38-,43-/m0/s1. The number of nitrogens with zero attached hydrogens (tertiary/aromatic N) is 2. The van der Waals surface area contributed by atoms with Crippen LogP contribution in [0.15, 0.2) is 60.8 Å². The van der Waals surface area contributed by atoms with Gasteiger partial charge < -0.3 is 30.7 Å².